The smallest absolute Gasteiger partial charge is 0.407 e. The van der Waals surface area contributed by atoms with Gasteiger partial charge in [0.1, 0.15) is 0 Å². The second kappa shape index (κ2) is 4.53. The summed E-state index contributed by atoms with van der Waals surface area (Å²) >= 11 is 0. The summed E-state index contributed by atoms with van der Waals surface area (Å²) < 4.78 is 0. The molecule has 0 bridgehead atoms. The molecule has 0 spiro atoms. The Labute approximate surface area is 94.1 Å². The zero-order valence-corrected chi connectivity index (χ0v) is 8.91. The minimum absolute atomic E-state index is 0.0125. The van der Waals surface area contributed by atoms with Crippen molar-refractivity contribution in [3.8, 4) is 0 Å². The minimum atomic E-state index is -0.900. The summed E-state index contributed by atoms with van der Waals surface area (Å²) in [5.74, 6) is 0.0125. The first-order valence-corrected chi connectivity index (χ1v) is 5.39. The summed E-state index contributed by atoms with van der Waals surface area (Å²) in [7, 11) is 0. The maximum atomic E-state index is 10.8. The third kappa shape index (κ3) is 2.17. The quantitative estimate of drug-likeness (QED) is 0.799. The van der Waals surface area contributed by atoms with Gasteiger partial charge in [0.2, 0.25) is 0 Å². The van der Waals surface area contributed by atoms with E-state index in [1.165, 1.54) is 4.90 Å². The molecule has 2 N–H and O–H groups in total. The lowest BCUT2D eigenvalue weighted by Gasteiger charge is -2.18. The van der Waals surface area contributed by atoms with Crippen molar-refractivity contribution in [1.82, 2.24) is 4.90 Å². The standard InChI is InChI=1S/C12H15NO3/c14-11(9-4-2-1-3-5-9)10-6-7-13(8-10)12(15)16/h1-5,10-11,14H,6-8H2,(H,15,16)/t10-,11+/m0/s1. The van der Waals surface area contributed by atoms with E-state index in [9.17, 15) is 9.90 Å². The van der Waals surface area contributed by atoms with Crippen molar-refractivity contribution in [1.29, 1.82) is 0 Å². The third-order valence-electron chi connectivity index (χ3n) is 3.08. The molecular formula is C12H15NO3. The van der Waals surface area contributed by atoms with Crippen molar-refractivity contribution in [2.24, 2.45) is 5.92 Å². The van der Waals surface area contributed by atoms with E-state index in [-0.39, 0.29) is 5.92 Å². The SMILES string of the molecule is O=C(O)N1CC[C@H]([C@H](O)c2ccccc2)C1. The summed E-state index contributed by atoms with van der Waals surface area (Å²) in [5.41, 5.74) is 0.861. The number of rotatable bonds is 2. The highest BCUT2D eigenvalue weighted by Gasteiger charge is 2.31. The zero-order chi connectivity index (χ0) is 11.5. The Balaban J connectivity index is 2.02. The monoisotopic (exact) mass is 221 g/mol. The van der Waals surface area contributed by atoms with Gasteiger partial charge in [-0.1, -0.05) is 30.3 Å². The Hall–Kier alpha value is -1.55. The van der Waals surface area contributed by atoms with E-state index in [1.54, 1.807) is 0 Å². The molecule has 1 saturated heterocycles. The van der Waals surface area contributed by atoms with Gasteiger partial charge in [0, 0.05) is 19.0 Å². The van der Waals surface area contributed by atoms with E-state index < -0.39 is 12.2 Å². The van der Waals surface area contributed by atoms with Crippen molar-refractivity contribution in [3.05, 3.63) is 35.9 Å². The van der Waals surface area contributed by atoms with Crippen LogP contribution in [0, 0.1) is 5.92 Å². The molecule has 4 heteroatoms. The number of hydrogen-bond acceptors (Lipinski definition) is 2. The van der Waals surface area contributed by atoms with Gasteiger partial charge in [-0.2, -0.15) is 0 Å². The van der Waals surface area contributed by atoms with Gasteiger partial charge in [-0.05, 0) is 12.0 Å². The first kappa shape index (κ1) is 11.0. The summed E-state index contributed by atoms with van der Waals surface area (Å²) in [4.78, 5) is 12.1. The molecule has 0 unspecified atom stereocenters. The number of hydrogen-bond donors (Lipinski definition) is 2. The predicted molar refractivity (Wildman–Crippen MR) is 59.1 cm³/mol. The van der Waals surface area contributed by atoms with E-state index >= 15 is 0 Å². The van der Waals surface area contributed by atoms with E-state index in [0.29, 0.717) is 13.1 Å². The number of aliphatic hydroxyl groups is 1. The second-order valence-corrected chi connectivity index (χ2v) is 4.13. The molecule has 0 aliphatic carbocycles. The summed E-state index contributed by atoms with van der Waals surface area (Å²) in [6.07, 6.45) is -0.740. The number of aliphatic hydroxyl groups excluding tert-OH is 1. The molecule has 16 heavy (non-hydrogen) atoms. The highest BCUT2D eigenvalue weighted by Crippen LogP contribution is 2.29. The van der Waals surface area contributed by atoms with Crippen molar-refractivity contribution < 1.29 is 15.0 Å². The predicted octanol–water partition coefficient (Wildman–Crippen LogP) is 1.72. The fourth-order valence-corrected chi connectivity index (χ4v) is 2.14. The molecule has 2 atom stereocenters. The van der Waals surface area contributed by atoms with Crippen LogP contribution < -0.4 is 0 Å². The molecule has 86 valence electrons. The maximum absolute atomic E-state index is 10.8. The number of likely N-dealkylation sites (tertiary alicyclic amines) is 1. The molecule has 0 radical (unpaired) electrons. The van der Waals surface area contributed by atoms with Gasteiger partial charge in [-0.3, -0.25) is 0 Å². The number of carbonyl (C=O) groups is 1. The van der Waals surface area contributed by atoms with E-state index in [2.05, 4.69) is 0 Å². The van der Waals surface area contributed by atoms with Gasteiger partial charge >= 0.3 is 6.09 Å². The molecule has 0 saturated carbocycles. The molecule has 1 amide bonds. The molecule has 1 fully saturated rings. The fraction of sp³-hybridized carbons (Fsp3) is 0.417. The number of nitrogens with zero attached hydrogens (tertiary/aromatic N) is 1. The highest BCUT2D eigenvalue weighted by atomic mass is 16.4. The van der Waals surface area contributed by atoms with Gasteiger partial charge in [0.05, 0.1) is 6.10 Å². The van der Waals surface area contributed by atoms with Crippen molar-refractivity contribution >= 4 is 6.09 Å². The molecular weight excluding hydrogens is 206 g/mol. The molecule has 1 aromatic carbocycles. The van der Waals surface area contributed by atoms with Crippen LogP contribution in [-0.2, 0) is 0 Å². The van der Waals surface area contributed by atoms with E-state index in [4.69, 9.17) is 5.11 Å². The molecule has 1 aliphatic rings. The van der Waals surface area contributed by atoms with Crippen LogP contribution in [0.15, 0.2) is 30.3 Å². The van der Waals surface area contributed by atoms with Crippen molar-refractivity contribution in [2.75, 3.05) is 13.1 Å². The van der Waals surface area contributed by atoms with Crippen LogP contribution in [0.4, 0.5) is 4.79 Å². The molecule has 2 rings (SSSR count). The number of benzene rings is 1. The summed E-state index contributed by atoms with van der Waals surface area (Å²) in [6, 6.07) is 9.39. The minimum Gasteiger partial charge on any atom is -0.465 e. The largest absolute Gasteiger partial charge is 0.465 e. The Morgan fingerprint density at radius 1 is 1.38 bits per heavy atom. The Bertz CT molecular complexity index is 366. The lowest BCUT2D eigenvalue weighted by atomic mass is 9.95. The second-order valence-electron chi connectivity index (χ2n) is 4.13. The lowest BCUT2D eigenvalue weighted by Crippen LogP contribution is -2.27. The topological polar surface area (TPSA) is 60.8 Å². The zero-order valence-electron chi connectivity index (χ0n) is 8.91. The summed E-state index contributed by atoms with van der Waals surface area (Å²) in [6.45, 7) is 0.940. The number of amides is 1. The van der Waals surface area contributed by atoms with E-state index in [0.717, 1.165) is 12.0 Å². The van der Waals surface area contributed by atoms with Gasteiger partial charge in [0.25, 0.3) is 0 Å². The van der Waals surface area contributed by atoms with Crippen LogP contribution in [0.1, 0.15) is 18.1 Å². The average molecular weight is 221 g/mol. The molecule has 1 heterocycles. The van der Waals surface area contributed by atoms with E-state index in [1.807, 2.05) is 30.3 Å². The summed E-state index contributed by atoms with van der Waals surface area (Å²) in [5, 5.41) is 18.9. The van der Waals surface area contributed by atoms with Crippen LogP contribution in [0.3, 0.4) is 0 Å². The highest BCUT2D eigenvalue weighted by molar-refractivity contribution is 5.65. The Morgan fingerprint density at radius 3 is 2.62 bits per heavy atom. The normalized spacial score (nSPS) is 22.1. The van der Waals surface area contributed by atoms with Crippen LogP contribution in [0.5, 0.6) is 0 Å². The molecule has 0 aromatic heterocycles. The Morgan fingerprint density at radius 2 is 2.06 bits per heavy atom. The lowest BCUT2D eigenvalue weighted by molar-refractivity contribution is 0.107. The van der Waals surface area contributed by atoms with Gasteiger partial charge < -0.3 is 15.1 Å². The van der Waals surface area contributed by atoms with Crippen LogP contribution >= 0.6 is 0 Å². The fourth-order valence-electron chi connectivity index (χ4n) is 2.14. The first-order valence-electron chi connectivity index (χ1n) is 5.39. The van der Waals surface area contributed by atoms with Gasteiger partial charge in [-0.25, -0.2) is 4.79 Å². The molecule has 1 aromatic rings. The van der Waals surface area contributed by atoms with Gasteiger partial charge in [-0.15, -0.1) is 0 Å². The van der Waals surface area contributed by atoms with Crippen LogP contribution in [-0.4, -0.2) is 34.3 Å². The van der Waals surface area contributed by atoms with Crippen LogP contribution in [0.2, 0.25) is 0 Å². The number of carboxylic acid groups (broad SMARTS) is 1. The maximum Gasteiger partial charge on any atom is 0.407 e. The van der Waals surface area contributed by atoms with Crippen molar-refractivity contribution in [2.45, 2.75) is 12.5 Å². The molecule has 1 aliphatic heterocycles. The molecule has 4 nitrogen and oxygen atoms in total. The third-order valence-corrected chi connectivity index (χ3v) is 3.08. The van der Waals surface area contributed by atoms with Gasteiger partial charge in [0.15, 0.2) is 0 Å². The average Bonchev–Trinajstić information content (AvgIpc) is 2.78. The van der Waals surface area contributed by atoms with Crippen LogP contribution in [0.25, 0.3) is 0 Å². The first-order chi connectivity index (χ1) is 7.68. The van der Waals surface area contributed by atoms with Crippen molar-refractivity contribution in [3.63, 3.8) is 0 Å². The Kier molecular flexibility index (Phi) is 3.10.